The summed E-state index contributed by atoms with van der Waals surface area (Å²) in [5.74, 6) is -1.85. The largest absolute Gasteiger partial charge is 0.456 e. The minimum atomic E-state index is -1.16. The first-order chi connectivity index (χ1) is 28.9. The highest BCUT2D eigenvalue weighted by Crippen LogP contribution is 2.63. The molecule has 5 heterocycles. The SMILES string of the molecule is CC=C(CO)C(=O)O[C@H]1CC2C(O)C3C(=O)CC(CO)OC3C3C2O[C@@]1(C)[C@@H]1CC2C[NH2+]C(N)CC2CC[C@H]1C1CCC2CCC(O)CC2[C@@H](CO)C3C2CCNC(N)C21. The van der Waals surface area contributed by atoms with Crippen LogP contribution in [-0.4, -0.2) is 125 Å². The van der Waals surface area contributed by atoms with E-state index in [1.54, 1.807) is 13.0 Å². The van der Waals surface area contributed by atoms with Crippen molar-refractivity contribution in [2.75, 3.05) is 32.9 Å². The van der Waals surface area contributed by atoms with Crippen molar-refractivity contribution in [1.82, 2.24) is 5.32 Å². The minimum absolute atomic E-state index is 0.00782. The Kier molecular flexibility index (Phi) is 12.7. The van der Waals surface area contributed by atoms with Crippen molar-refractivity contribution in [3.63, 3.8) is 0 Å². The molecule has 0 radical (unpaired) electrons. The number of hydrogen-bond donors (Lipinski definition) is 9. The van der Waals surface area contributed by atoms with E-state index in [2.05, 4.69) is 17.6 Å². The van der Waals surface area contributed by atoms with Crippen molar-refractivity contribution in [2.45, 2.75) is 145 Å². The van der Waals surface area contributed by atoms with E-state index >= 15 is 0 Å². The zero-order valence-corrected chi connectivity index (χ0v) is 35.8. The summed E-state index contributed by atoms with van der Waals surface area (Å²) in [5, 5.41) is 62.7. The summed E-state index contributed by atoms with van der Waals surface area (Å²) >= 11 is 0. The van der Waals surface area contributed by atoms with Gasteiger partial charge in [-0.2, -0.15) is 0 Å². The number of ether oxygens (including phenoxy) is 3. The third-order valence-electron chi connectivity index (χ3n) is 18.8. The van der Waals surface area contributed by atoms with E-state index in [4.69, 9.17) is 25.7 Å². The summed E-state index contributed by atoms with van der Waals surface area (Å²) in [6, 6.07) is 0. The van der Waals surface area contributed by atoms with Crippen molar-refractivity contribution in [3.05, 3.63) is 11.6 Å². The van der Waals surface area contributed by atoms with Crippen molar-refractivity contribution < 1.29 is 54.6 Å². The molecule has 60 heavy (non-hydrogen) atoms. The third-order valence-corrected chi connectivity index (χ3v) is 18.8. The smallest absolute Gasteiger partial charge is 0.336 e. The van der Waals surface area contributed by atoms with Crippen molar-refractivity contribution >= 4 is 11.8 Å². The molecule has 4 aliphatic carbocycles. The summed E-state index contributed by atoms with van der Waals surface area (Å²) < 4.78 is 21.4. The first-order valence-electron chi connectivity index (χ1n) is 23.9. The lowest BCUT2D eigenvalue weighted by Crippen LogP contribution is -2.96. The second-order valence-corrected chi connectivity index (χ2v) is 21.2. The molecule has 338 valence electrons. The van der Waals surface area contributed by atoms with Crippen LogP contribution in [-0.2, 0) is 23.8 Å². The predicted octanol–water partition coefficient (Wildman–Crippen LogP) is 0.163. The number of Topliss-reactive ketones (excluding diaryl/α,β-unsaturated/α-hetero) is 1. The van der Waals surface area contributed by atoms with E-state index in [1.807, 2.05) is 0 Å². The molecule has 18 unspecified atom stereocenters. The third kappa shape index (κ3) is 7.37. The summed E-state index contributed by atoms with van der Waals surface area (Å²) in [4.78, 5) is 28.5. The van der Waals surface area contributed by atoms with Crippen LogP contribution in [0.15, 0.2) is 11.6 Å². The minimum Gasteiger partial charge on any atom is -0.456 e. The lowest BCUT2D eigenvalue weighted by molar-refractivity contribution is -0.706. The summed E-state index contributed by atoms with van der Waals surface area (Å²) in [6.45, 7) is 4.55. The molecule has 5 saturated heterocycles. The van der Waals surface area contributed by atoms with E-state index in [0.717, 1.165) is 64.3 Å². The molecule has 0 aromatic carbocycles. The number of carbonyl (C=O) groups excluding carboxylic acids is 2. The molecule has 0 spiro atoms. The lowest BCUT2D eigenvalue weighted by Gasteiger charge is -2.64. The maximum absolute atomic E-state index is 14.4. The van der Waals surface area contributed by atoms with Gasteiger partial charge in [-0.25, -0.2) is 4.79 Å². The molecule has 14 nitrogen and oxygen atoms in total. The number of aliphatic hydroxyl groups excluding tert-OH is 5. The first kappa shape index (κ1) is 43.7. The second-order valence-electron chi connectivity index (χ2n) is 21.2. The highest BCUT2D eigenvalue weighted by Gasteiger charge is 2.68. The van der Waals surface area contributed by atoms with Gasteiger partial charge in [-0.15, -0.1) is 0 Å². The van der Waals surface area contributed by atoms with Crippen LogP contribution in [0.25, 0.3) is 0 Å². The highest BCUT2D eigenvalue weighted by atomic mass is 16.6. The predicted molar refractivity (Wildman–Crippen MR) is 219 cm³/mol. The van der Waals surface area contributed by atoms with Crippen LogP contribution in [0.5, 0.6) is 0 Å². The molecule has 9 aliphatic rings. The molecule has 9 rings (SSSR count). The Morgan fingerprint density at radius 1 is 0.867 bits per heavy atom. The molecular formula is C46H75N4O10+. The first-order valence-corrected chi connectivity index (χ1v) is 23.9. The van der Waals surface area contributed by atoms with Gasteiger partial charge in [0, 0.05) is 37.2 Å². The Balaban J connectivity index is 1.29. The topological polar surface area (TPSA) is 244 Å². The lowest BCUT2D eigenvalue weighted by atomic mass is 9.49. The number of fused-ring (bicyclic) bond motifs is 9. The van der Waals surface area contributed by atoms with Gasteiger partial charge in [-0.05, 0) is 144 Å². The normalized spacial score (nSPS) is 53.0. The molecule has 0 amide bonds. The average molecular weight is 844 g/mol. The van der Waals surface area contributed by atoms with Crippen LogP contribution in [0.3, 0.4) is 0 Å². The number of nitrogens with one attached hydrogen (secondary N) is 1. The Morgan fingerprint density at radius 3 is 2.38 bits per heavy atom. The Hall–Kier alpha value is -1.56. The van der Waals surface area contributed by atoms with Gasteiger partial charge in [0.25, 0.3) is 0 Å². The number of piperidine rings is 2. The van der Waals surface area contributed by atoms with Crippen LogP contribution in [0.2, 0.25) is 0 Å². The van der Waals surface area contributed by atoms with Gasteiger partial charge >= 0.3 is 5.97 Å². The van der Waals surface area contributed by atoms with Crippen LogP contribution < -0.4 is 22.1 Å². The number of ketones is 1. The van der Waals surface area contributed by atoms with E-state index in [0.29, 0.717) is 24.8 Å². The average Bonchev–Trinajstić information content (AvgIpc) is 3.38. The van der Waals surface area contributed by atoms with Crippen molar-refractivity contribution in [1.29, 1.82) is 0 Å². The van der Waals surface area contributed by atoms with Crippen LogP contribution >= 0.6 is 0 Å². The molecule has 4 bridgehead atoms. The maximum atomic E-state index is 14.4. The highest BCUT2D eigenvalue weighted by molar-refractivity contribution is 5.88. The van der Waals surface area contributed by atoms with Gasteiger partial charge in [-0.1, -0.05) is 6.08 Å². The van der Waals surface area contributed by atoms with E-state index < -0.39 is 72.6 Å². The summed E-state index contributed by atoms with van der Waals surface area (Å²) in [7, 11) is 0. The molecule has 14 heteroatoms. The molecule has 9 fully saturated rings. The van der Waals surface area contributed by atoms with Gasteiger partial charge in [0.1, 0.15) is 23.7 Å². The molecule has 4 saturated carbocycles. The van der Waals surface area contributed by atoms with Gasteiger partial charge in [0.15, 0.2) is 0 Å². The van der Waals surface area contributed by atoms with Crippen molar-refractivity contribution in [2.24, 2.45) is 94.3 Å². The number of allylic oxidation sites excluding steroid dienone is 1. The quantitative estimate of drug-likeness (QED) is 0.133. The van der Waals surface area contributed by atoms with Gasteiger partial charge in [0.05, 0.1) is 67.9 Å². The number of quaternary nitrogens is 1. The van der Waals surface area contributed by atoms with E-state index in [9.17, 15) is 35.1 Å². The van der Waals surface area contributed by atoms with Gasteiger partial charge < -0.3 is 56.1 Å². The second kappa shape index (κ2) is 17.4. The number of nitrogens with two attached hydrogens (primary N) is 3. The number of aliphatic hydroxyl groups is 5. The van der Waals surface area contributed by atoms with Crippen LogP contribution in [0.4, 0.5) is 0 Å². The number of hydrogen-bond acceptors (Lipinski definition) is 13. The Bertz CT molecular complexity index is 1600. The van der Waals surface area contributed by atoms with Crippen molar-refractivity contribution in [3.8, 4) is 0 Å². The molecule has 0 aromatic heterocycles. The fourth-order valence-corrected chi connectivity index (χ4v) is 16.2. The zero-order valence-electron chi connectivity index (χ0n) is 35.8. The number of rotatable bonds is 5. The summed E-state index contributed by atoms with van der Waals surface area (Å²) in [6.07, 6.45) is 5.67. The number of carbonyl (C=O) groups is 2. The molecule has 12 N–H and O–H groups in total. The van der Waals surface area contributed by atoms with Crippen LogP contribution in [0.1, 0.15) is 90.9 Å². The molecule has 5 aliphatic heterocycles. The fourth-order valence-electron chi connectivity index (χ4n) is 16.2. The van der Waals surface area contributed by atoms with Gasteiger partial charge in [0.2, 0.25) is 0 Å². The monoisotopic (exact) mass is 844 g/mol. The summed E-state index contributed by atoms with van der Waals surface area (Å²) in [5.41, 5.74) is 13.2. The maximum Gasteiger partial charge on any atom is 0.336 e. The fraction of sp³-hybridized carbons (Fsp3) is 0.913. The zero-order chi connectivity index (χ0) is 42.2. The standard InChI is InChI=1S/C46H74N4O10/c1-3-21(18-51)45(57)59-35-16-31-41(56)39-34(55)15-26(19-52)58-43(39)40-37-29-10-11-49-44(48)38(29)28(9-5-22-4-7-25(54)14-30(22)32(37)20-53)27-8-6-23-13-36(47)50-17-24(23)12-33(27)46(35,2)60-42(31)40/h3,22-33,35-44,49-54,56H,4-20,47-48H2,1-2H3/p+1/t22?,23?,24?,25?,26?,27-,28?,29?,30?,31?,32+,33+,35-,36?,37?,38?,39?,40?,41?,42?,43?,44?,46-/m0/s1. The molecule has 0 aromatic rings. The Labute approximate surface area is 355 Å². The van der Waals surface area contributed by atoms with Crippen LogP contribution in [0, 0.1) is 82.9 Å². The van der Waals surface area contributed by atoms with E-state index in [1.165, 1.54) is 0 Å². The Morgan fingerprint density at radius 2 is 1.63 bits per heavy atom. The molecule has 23 atom stereocenters. The van der Waals surface area contributed by atoms with Gasteiger partial charge in [-0.3, -0.25) is 10.5 Å². The van der Waals surface area contributed by atoms with E-state index in [-0.39, 0.29) is 103 Å². The number of esters is 1. The molecular weight excluding hydrogens is 769 g/mol.